The van der Waals surface area contributed by atoms with Crippen molar-refractivity contribution in [2.75, 3.05) is 31.2 Å². The van der Waals surface area contributed by atoms with Crippen LogP contribution in [0.3, 0.4) is 0 Å². The van der Waals surface area contributed by atoms with Crippen LogP contribution in [0.4, 0.5) is 5.82 Å². The summed E-state index contributed by atoms with van der Waals surface area (Å²) in [6, 6.07) is 10.1. The maximum absolute atomic E-state index is 6.06. The monoisotopic (exact) mass is 364 g/mol. The molecule has 0 saturated carbocycles. The van der Waals surface area contributed by atoms with Crippen LogP contribution < -0.4 is 9.64 Å². The standard InChI is InChI=1S/C20H20N4O3/c1-13-3-2-4-14-11-16(26-18(13)14)20-22-19(23-27-20)15-5-6-21-17(12-15)24-7-9-25-10-8-24/h2-6,12,16H,7-11H2,1H3. The van der Waals surface area contributed by atoms with Crippen molar-refractivity contribution in [2.45, 2.75) is 19.4 Å². The van der Waals surface area contributed by atoms with E-state index in [0.717, 1.165) is 55.4 Å². The molecule has 1 saturated heterocycles. The Bertz CT molecular complexity index is 965. The van der Waals surface area contributed by atoms with Gasteiger partial charge in [0.1, 0.15) is 11.6 Å². The molecule has 0 radical (unpaired) electrons. The highest BCUT2D eigenvalue weighted by Crippen LogP contribution is 2.38. The average Bonchev–Trinajstić information content (AvgIpc) is 3.37. The van der Waals surface area contributed by atoms with Crippen molar-refractivity contribution in [1.29, 1.82) is 0 Å². The Balaban J connectivity index is 1.38. The number of fused-ring (bicyclic) bond motifs is 1. The van der Waals surface area contributed by atoms with E-state index in [1.165, 1.54) is 5.56 Å². The van der Waals surface area contributed by atoms with E-state index in [9.17, 15) is 0 Å². The predicted octanol–water partition coefficient (Wildman–Crippen LogP) is 2.95. The molecule has 1 atom stereocenters. The van der Waals surface area contributed by atoms with Crippen LogP contribution in [0.15, 0.2) is 41.1 Å². The summed E-state index contributed by atoms with van der Waals surface area (Å²) in [7, 11) is 0. The van der Waals surface area contributed by atoms with E-state index in [1.54, 1.807) is 6.20 Å². The van der Waals surface area contributed by atoms with E-state index in [4.69, 9.17) is 14.0 Å². The summed E-state index contributed by atoms with van der Waals surface area (Å²) in [4.78, 5) is 11.3. The molecule has 0 aliphatic carbocycles. The van der Waals surface area contributed by atoms with Gasteiger partial charge >= 0.3 is 0 Å². The minimum absolute atomic E-state index is 0.233. The third-order valence-electron chi connectivity index (χ3n) is 5.01. The van der Waals surface area contributed by atoms with E-state index in [2.05, 4.69) is 26.1 Å². The van der Waals surface area contributed by atoms with E-state index < -0.39 is 0 Å². The smallest absolute Gasteiger partial charge is 0.268 e. The molecule has 0 N–H and O–H groups in total. The summed E-state index contributed by atoms with van der Waals surface area (Å²) >= 11 is 0. The molecule has 0 spiro atoms. The molecule has 7 nitrogen and oxygen atoms in total. The average molecular weight is 364 g/mol. The summed E-state index contributed by atoms with van der Waals surface area (Å²) < 4.78 is 17.0. The van der Waals surface area contributed by atoms with Crippen molar-refractivity contribution in [2.24, 2.45) is 0 Å². The first-order valence-electron chi connectivity index (χ1n) is 9.16. The molecule has 0 bridgehead atoms. The Kier molecular flexibility index (Phi) is 4.01. The molecule has 138 valence electrons. The number of nitrogens with zero attached hydrogens (tertiary/aromatic N) is 4. The molecule has 1 unspecified atom stereocenters. The number of benzene rings is 1. The Morgan fingerprint density at radius 3 is 2.89 bits per heavy atom. The maximum Gasteiger partial charge on any atom is 0.268 e. The highest BCUT2D eigenvalue weighted by Gasteiger charge is 2.30. The van der Waals surface area contributed by atoms with Gasteiger partial charge in [-0.2, -0.15) is 4.98 Å². The highest BCUT2D eigenvalue weighted by molar-refractivity contribution is 5.60. The molecule has 3 aromatic rings. The van der Waals surface area contributed by atoms with Crippen LogP contribution in [0, 0.1) is 6.92 Å². The van der Waals surface area contributed by atoms with E-state index in [1.807, 2.05) is 31.2 Å². The van der Waals surface area contributed by atoms with Gasteiger partial charge in [-0.1, -0.05) is 23.4 Å². The molecule has 7 heteroatoms. The number of pyridine rings is 1. The Hall–Kier alpha value is -2.93. The number of hydrogen-bond donors (Lipinski definition) is 0. The molecule has 1 aromatic carbocycles. The number of hydrogen-bond acceptors (Lipinski definition) is 7. The molecule has 2 aliphatic rings. The molecule has 2 aliphatic heterocycles. The Labute approximate surface area is 156 Å². The number of morpholine rings is 1. The fourth-order valence-corrected chi connectivity index (χ4v) is 3.57. The van der Waals surface area contributed by atoms with Gasteiger partial charge in [-0.05, 0) is 30.2 Å². The van der Waals surface area contributed by atoms with Gasteiger partial charge in [-0.25, -0.2) is 4.98 Å². The van der Waals surface area contributed by atoms with Crippen molar-refractivity contribution < 1.29 is 14.0 Å². The highest BCUT2D eigenvalue weighted by atomic mass is 16.5. The quantitative estimate of drug-likeness (QED) is 0.707. The van der Waals surface area contributed by atoms with Gasteiger partial charge < -0.3 is 18.9 Å². The first-order valence-corrected chi connectivity index (χ1v) is 9.16. The minimum Gasteiger partial charge on any atom is -0.480 e. The zero-order valence-corrected chi connectivity index (χ0v) is 15.1. The van der Waals surface area contributed by atoms with Crippen LogP contribution in [0.25, 0.3) is 11.4 Å². The minimum atomic E-state index is -0.233. The van der Waals surface area contributed by atoms with Gasteiger partial charge in [0.15, 0.2) is 6.10 Å². The topological polar surface area (TPSA) is 73.5 Å². The fraction of sp³-hybridized carbons (Fsp3) is 0.350. The lowest BCUT2D eigenvalue weighted by Gasteiger charge is -2.27. The summed E-state index contributed by atoms with van der Waals surface area (Å²) in [6.07, 6.45) is 2.29. The Morgan fingerprint density at radius 2 is 2.04 bits per heavy atom. The van der Waals surface area contributed by atoms with Crippen LogP contribution in [0.5, 0.6) is 5.75 Å². The molecular formula is C20H20N4O3. The SMILES string of the molecule is Cc1cccc2c1OC(c1nc(-c3ccnc(N4CCOCC4)c3)no1)C2. The van der Waals surface area contributed by atoms with Gasteiger partial charge in [-0.15, -0.1) is 0 Å². The van der Waals surface area contributed by atoms with E-state index in [-0.39, 0.29) is 6.10 Å². The Morgan fingerprint density at radius 1 is 1.15 bits per heavy atom. The number of aryl methyl sites for hydroxylation is 1. The first kappa shape index (κ1) is 16.3. The van der Waals surface area contributed by atoms with Crippen molar-refractivity contribution in [1.82, 2.24) is 15.1 Å². The second-order valence-corrected chi connectivity index (χ2v) is 6.83. The lowest BCUT2D eigenvalue weighted by atomic mass is 10.1. The largest absolute Gasteiger partial charge is 0.480 e. The van der Waals surface area contributed by atoms with Gasteiger partial charge in [0.05, 0.1) is 13.2 Å². The number of aromatic nitrogens is 3. The number of para-hydroxylation sites is 1. The molecule has 27 heavy (non-hydrogen) atoms. The maximum atomic E-state index is 6.06. The first-order chi connectivity index (χ1) is 13.3. The summed E-state index contributed by atoms with van der Waals surface area (Å²) in [5.41, 5.74) is 3.19. The second-order valence-electron chi connectivity index (χ2n) is 6.83. The molecule has 0 amide bonds. The molecular weight excluding hydrogens is 344 g/mol. The zero-order valence-electron chi connectivity index (χ0n) is 15.1. The van der Waals surface area contributed by atoms with Crippen molar-refractivity contribution in [3.05, 3.63) is 53.5 Å². The summed E-state index contributed by atoms with van der Waals surface area (Å²) in [6.45, 7) is 5.15. The summed E-state index contributed by atoms with van der Waals surface area (Å²) in [5, 5.41) is 4.17. The van der Waals surface area contributed by atoms with E-state index >= 15 is 0 Å². The number of anilines is 1. The van der Waals surface area contributed by atoms with Crippen molar-refractivity contribution in [3.63, 3.8) is 0 Å². The van der Waals surface area contributed by atoms with Gasteiger partial charge in [0, 0.05) is 31.3 Å². The summed E-state index contributed by atoms with van der Waals surface area (Å²) in [5.74, 6) is 2.89. The van der Waals surface area contributed by atoms with Crippen LogP contribution in [-0.2, 0) is 11.2 Å². The van der Waals surface area contributed by atoms with Crippen LogP contribution in [0.1, 0.15) is 23.1 Å². The molecule has 5 rings (SSSR count). The predicted molar refractivity (Wildman–Crippen MR) is 98.8 cm³/mol. The second kappa shape index (κ2) is 6.66. The van der Waals surface area contributed by atoms with Gasteiger partial charge in [-0.3, -0.25) is 0 Å². The van der Waals surface area contributed by atoms with Crippen LogP contribution >= 0.6 is 0 Å². The van der Waals surface area contributed by atoms with Gasteiger partial charge in [0.25, 0.3) is 5.89 Å². The number of rotatable bonds is 3. The normalized spacial score (nSPS) is 19.0. The lowest BCUT2D eigenvalue weighted by Crippen LogP contribution is -2.36. The van der Waals surface area contributed by atoms with Gasteiger partial charge in [0.2, 0.25) is 5.82 Å². The molecule has 1 fully saturated rings. The third-order valence-corrected chi connectivity index (χ3v) is 5.01. The molecule has 4 heterocycles. The lowest BCUT2D eigenvalue weighted by molar-refractivity contribution is 0.122. The number of ether oxygens (including phenoxy) is 2. The van der Waals surface area contributed by atoms with Crippen LogP contribution in [-0.4, -0.2) is 41.4 Å². The molecule has 2 aromatic heterocycles. The van der Waals surface area contributed by atoms with Crippen molar-refractivity contribution in [3.8, 4) is 17.1 Å². The van der Waals surface area contributed by atoms with E-state index in [0.29, 0.717) is 11.7 Å². The zero-order chi connectivity index (χ0) is 18.2. The van der Waals surface area contributed by atoms with Crippen molar-refractivity contribution >= 4 is 5.82 Å². The van der Waals surface area contributed by atoms with Crippen LogP contribution in [0.2, 0.25) is 0 Å². The fourth-order valence-electron chi connectivity index (χ4n) is 3.57. The third kappa shape index (κ3) is 3.04.